The van der Waals surface area contributed by atoms with Crippen molar-refractivity contribution >= 4 is 28.7 Å². The van der Waals surface area contributed by atoms with Crippen LogP contribution in [0.15, 0.2) is 59.7 Å². The third-order valence-corrected chi connectivity index (χ3v) is 6.91. The van der Waals surface area contributed by atoms with Gasteiger partial charge in [-0.15, -0.1) is 0 Å². The highest BCUT2D eigenvalue weighted by atomic mass is 35.5. The minimum Gasteiger partial charge on any atom is -0.507 e. The van der Waals surface area contributed by atoms with E-state index in [9.17, 15) is 14.3 Å². The van der Waals surface area contributed by atoms with Gasteiger partial charge in [-0.2, -0.15) is 0 Å². The molecule has 0 radical (unpaired) electrons. The number of aromatic hydroxyl groups is 1. The number of nitrogens with zero attached hydrogens (tertiary/aromatic N) is 3. The van der Waals surface area contributed by atoms with Crippen molar-refractivity contribution in [1.82, 2.24) is 9.13 Å². The molecule has 4 aromatic rings. The molecule has 0 unspecified atom stereocenters. The molecule has 3 aromatic carbocycles. The van der Waals surface area contributed by atoms with E-state index in [2.05, 4.69) is 10.3 Å². The lowest BCUT2D eigenvalue weighted by molar-refractivity contribution is 0.477. The third kappa shape index (κ3) is 4.06. The quantitative estimate of drug-likeness (QED) is 0.179. The fourth-order valence-electron chi connectivity index (χ4n) is 4.69. The predicted octanol–water partition coefficient (Wildman–Crippen LogP) is 4.48. The van der Waals surface area contributed by atoms with Crippen LogP contribution in [0.1, 0.15) is 12.8 Å². The van der Waals surface area contributed by atoms with Crippen molar-refractivity contribution in [2.24, 2.45) is 12.9 Å². The van der Waals surface area contributed by atoms with Crippen LogP contribution in [-0.4, -0.2) is 27.3 Å². The number of aromatic nitrogens is 2. The number of imidazole rings is 1. The number of halogens is 2. The number of hydrogen-bond acceptors (Lipinski definition) is 6. The van der Waals surface area contributed by atoms with E-state index in [1.807, 2.05) is 6.07 Å². The second-order valence-electron chi connectivity index (χ2n) is 8.87. The summed E-state index contributed by atoms with van der Waals surface area (Å²) in [4.78, 5) is 14.5. The predicted molar refractivity (Wildman–Crippen MR) is 142 cm³/mol. The van der Waals surface area contributed by atoms with Crippen molar-refractivity contribution in [2.75, 3.05) is 29.1 Å². The van der Waals surface area contributed by atoms with Crippen LogP contribution in [-0.2, 0) is 7.05 Å². The number of phenols is 1. The van der Waals surface area contributed by atoms with Crippen molar-refractivity contribution in [3.05, 3.63) is 76.2 Å². The molecule has 0 atom stereocenters. The molecule has 1 aromatic heterocycles. The Balaban J connectivity index is 1.62. The first-order valence-electron chi connectivity index (χ1n) is 11.5. The highest BCUT2D eigenvalue weighted by Gasteiger charge is 2.21. The number of hydrazine groups is 1. The van der Waals surface area contributed by atoms with E-state index < -0.39 is 5.82 Å². The van der Waals surface area contributed by atoms with Crippen LogP contribution in [0.3, 0.4) is 0 Å². The number of phenolic OH excluding ortho intramolecular Hbond substituents is 1. The smallest absolute Gasteiger partial charge is 0.332 e. The first-order valence-corrected chi connectivity index (χ1v) is 11.9. The summed E-state index contributed by atoms with van der Waals surface area (Å²) in [6.07, 6.45) is 5.35. The second-order valence-corrected chi connectivity index (χ2v) is 9.28. The summed E-state index contributed by atoms with van der Waals surface area (Å²) >= 11 is 6.51. The van der Waals surface area contributed by atoms with Gasteiger partial charge in [0.05, 0.1) is 27.8 Å². The summed E-state index contributed by atoms with van der Waals surface area (Å²) < 4.78 is 17.7. The maximum absolute atomic E-state index is 14.9. The van der Waals surface area contributed by atoms with Crippen molar-refractivity contribution in [3.63, 3.8) is 0 Å². The molecular weight excluding hydrogens is 483 g/mol. The molecule has 0 amide bonds. The number of nitrogen functional groups attached to an aromatic ring is 2. The molecule has 36 heavy (non-hydrogen) atoms. The minimum absolute atomic E-state index is 0.114. The number of rotatable bonds is 5. The molecule has 1 aliphatic heterocycles. The van der Waals surface area contributed by atoms with E-state index in [0.717, 1.165) is 31.6 Å². The van der Waals surface area contributed by atoms with E-state index in [0.29, 0.717) is 33.8 Å². The van der Waals surface area contributed by atoms with Gasteiger partial charge in [-0.05, 0) is 60.4 Å². The highest BCUT2D eigenvalue weighted by Crippen LogP contribution is 2.44. The average Bonchev–Trinajstić information content (AvgIpc) is 3.51. The zero-order chi connectivity index (χ0) is 25.6. The molecule has 0 aliphatic carbocycles. The van der Waals surface area contributed by atoms with Crippen LogP contribution in [0.25, 0.3) is 27.9 Å². The number of nitrogens with two attached hydrogens (primary N) is 2. The maximum atomic E-state index is 14.9. The summed E-state index contributed by atoms with van der Waals surface area (Å²) in [7, 11) is 1.64. The number of nitrogens with one attached hydrogen (secondary N) is 1. The number of aryl methyl sites for hydroxylation is 1. The molecule has 6 N–H and O–H groups in total. The molecule has 5 rings (SSSR count). The SMILES string of the molecule is Cn1ccn(-c2ccc(-c3cc(F)cc(-c4cc(NN)c(N)c(N5CCCC5)c4)c3O)cc2Cl)c1=O. The van der Waals surface area contributed by atoms with Gasteiger partial charge in [0, 0.05) is 43.7 Å². The van der Waals surface area contributed by atoms with Crippen molar-refractivity contribution < 1.29 is 9.50 Å². The fraction of sp³-hybridized carbons (Fsp3) is 0.192. The zero-order valence-electron chi connectivity index (χ0n) is 19.6. The lowest BCUT2D eigenvalue weighted by atomic mass is 9.95. The first-order chi connectivity index (χ1) is 17.3. The minimum atomic E-state index is -0.529. The van der Waals surface area contributed by atoms with Gasteiger partial charge in [-0.1, -0.05) is 17.7 Å². The lowest BCUT2D eigenvalue weighted by Gasteiger charge is -2.23. The molecular formula is C26H26ClFN6O2. The Morgan fingerprint density at radius 3 is 2.31 bits per heavy atom. The number of anilines is 3. The van der Waals surface area contributed by atoms with Crippen molar-refractivity contribution in [2.45, 2.75) is 12.8 Å². The standard InChI is InChI=1S/C26H26ClFN6O2/c1-32-8-9-34(26(32)36)22-5-4-15(10-20(22)27)18-13-17(28)14-19(25(18)35)16-11-21(31-30)24(29)23(12-16)33-6-2-3-7-33/h4-5,8-14,31,35H,2-3,6-7,29-30H2,1H3. The van der Waals surface area contributed by atoms with Gasteiger partial charge in [-0.3, -0.25) is 10.4 Å². The van der Waals surface area contributed by atoms with Crippen molar-refractivity contribution in [1.29, 1.82) is 0 Å². The summed E-state index contributed by atoms with van der Waals surface area (Å²) in [6.45, 7) is 1.71. The Morgan fingerprint density at radius 1 is 1.00 bits per heavy atom. The molecule has 10 heteroatoms. The summed E-state index contributed by atoms with van der Waals surface area (Å²) in [6, 6.07) is 11.0. The fourth-order valence-corrected chi connectivity index (χ4v) is 4.96. The van der Waals surface area contributed by atoms with Gasteiger partial charge in [0.25, 0.3) is 0 Å². The summed E-state index contributed by atoms with van der Waals surface area (Å²) in [5, 5.41) is 11.6. The van der Waals surface area contributed by atoms with E-state index in [-0.39, 0.29) is 22.0 Å². The summed E-state index contributed by atoms with van der Waals surface area (Å²) in [5.41, 5.74) is 12.6. The second kappa shape index (κ2) is 9.25. The first kappa shape index (κ1) is 23.8. The highest BCUT2D eigenvalue weighted by molar-refractivity contribution is 6.32. The topological polar surface area (TPSA) is 114 Å². The Bertz CT molecular complexity index is 1520. The molecule has 8 nitrogen and oxygen atoms in total. The molecule has 0 spiro atoms. The summed E-state index contributed by atoms with van der Waals surface area (Å²) in [5.74, 6) is 5.08. The Labute approximate surface area is 212 Å². The number of hydrogen-bond donors (Lipinski definition) is 4. The molecule has 186 valence electrons. The van der Waals surface area contributed by atoms with Gasteiger partial charge >= 0.3 is 5.69 Å². The van der Waals surface area contributed by atoms with Gasteiger partial charge in [0.2, 0.25) is 0 Å². The zero-order valence-corrected chi connectivity index (χ0v) is 20.4. The Morgan fingerprint density at radius 2 is 1.69 bits per heavy atom. The van der Waals surface area contributed by atoms with E-state index in [4.69, 9.17) is 23.2 Å². The molecule has 1 aliphatic rings. The monoisotopic (exact) mass is 508 g/mol. The molecule has 0 saturated carbocycles. The van der Waals surface area contributed by atoms with E-state index >= 15 is 0 Å². The van der Waals surface area contributed by atoms with Crippen LogP contribution in [0.2, 0.25) is 5.02 Å². The Kier molecular flexibility index (Phi) is 6.11. The normalized spacial score (nSPS) is 13.4. The van der Waals surface area contributed by atoms with Crippen LogP contribution in [0, 0.1) is 5.82 Å². The molecule has 2 heterocycles. The molecule has 1 fully saturated rings. The third-order valence-electron chi connectivity index (χ3n) is 6.61. The van der Waals surface area contributed by atoms with Gasteiger partial charge < -0.3 is 25.7 Å². The van der Waals surface area contributed by atoms with E-state index in [1.165, 1.54) is 21.3 Å². The van der Waals surface area contributed by atoms with E-state index in [1.54, 1.807) is 43.7 Å². The maximum Gasteiger partial charge on any atom is 0.332 e. The lowest BCUT2D eigenvalue weighted by Crippen LogP contribution is -2.20. The van der Waals surface area contributed by atoms with Crippen LogP contribution < -0.4 is 27.6 Å². The van der Waals surface area contributed by atoms with Crippen LogP contribution in [0.4, 0.5) is 21.5 Å². The van der Waals surface area contributed by atoms with Crippen LogP contribution >= 0.6 is 11.6 Å². The van der Waals surface area contributed by atoms with Gasteiger partial charge in [0.1, 0.15) is 11.6 Å². The molecule has 0 bridgehead atoms. The van der Waals surface area contributed by atoms with Crippen LogP contribution in [0.5, 0.6) is 5.75 Å². The molecule has 1 saturated heterocycles. The number of benzene rings is 3. The van der Waals surface area contributed by atoms with Gasteiger partial charge in [-0.25, -0.2) is 9.18 Å². The largest absolute Gasteiger partial charge is 0.507 e. The van der Waals surface area contributed by atoms with Gasteiger partial charge in [0.15, 0.2) is 0 Å². The van der Waals surface area contributed by atoms with Crippen molar-refractivity contribution in [3.8, 4) is 33.7 Å². The Hall–Kier alpha value is -3.95. The average molecular weight is 509 g/mol.